The van der Waals surface area contributed by atoms with Crippen molar-refractivity contribution in [3.63, 3.8) is 0 Å². The Hall–Kier alpha value is -1.71. The summed E-state index contributed by atoms with van der Waals surface area (Å²) in [5.74, 6) is -0.424. The zero-order valence-corrected chi connectivity index (χ0v) is 11.7. The molecule has 5 N–H and O–H groups in total. The molecule has 0 bridgehead atoms. The summed E-state index contributed by atoms with van der Waals surface area (Å²) in [5.41, 5.74) is 13.6. The van der Waals surface area contributed by atoms with Gasteiger partial charge in [0.2, 0.25) is 5.91 Å². The molecular weight excluding hydrogens is 238 g/mol. The summed E-state index contributed by atoms with van der Waals surface area (Å²) >= 11 is 0. The maximum atomic E-state index is 11.2. The second-order valence-electron chi connectivity index (χ2n) is 6.27. The van der Waals surface area contributed by atoms with Gasteiger partial charge >= 0.3 is 0 Å². The van der Waals surface area contributed by atoms with Crippen LogP contribution in [0, 0.1) is 5.41 Å². The van der Waals surface area contributed by atoms with Crippen molar-refractivity contribution in [1.29, 1.82) is 0 Å². The summed E-state index contributed by atoms with van der Waals surface area (Å²) in [5, 5.41) is 3.47. The quantitative estimate of drug-likeness (QED) is 0.732. The van der Waals surface area contributed by atoms with Crippen molar-refractivity contribution >= 4 is 17.3 Å². The molecular formula is C15H23N3O. The molecule has 1 fully saturated rings. The molecule has 4 heteroatoms. The number of rotatable bonds is 3. The van der Waals surface area contributed by atoms with Crippen molar-refractivity contribution in [2.45, 2.75) is 45.6 Å². The van der Waals surface area contributed by atoms with Crippen LogP contribution >= 0.6 is 0 Å². The Morgan fingerprint density at radius 3 is 2.79 bits per heavy atom. The first-order valence-corrected chi connectivity index (χ1v) is 6.83. The van der Waals surface area contributed by atoms with Crippen LogP contribution in [0.4, 0.5) is 11.4 Å². The van der Waals surface area contributed by atoms with Crippen LogP contribution in [0.1, 0.15) is 49.9 Å². The fraction of sp³-hybridized carbons (Fsp3) is 0.533. The summed E-state index contributed by atoms with van der Waals surface area (Å²) in [6, 6.07) is 5.55. The van der Waals surface area contributed by atoms with Gasteiger partial charge < -0.3 is 16.8 Å². The third kappa shape index (κ3) is 3.40. The third-order valence-electron chi connectivity index (χ3n) is 3.90. The van der Waals surface area contributed by atoms with Gasteiger partial charge in [-0.05, 0) is 42.9 Å². The molecule has 1 saturated carbocycles. The fourth-order valence-corrected chi connectivity index (χ4v) is 2.88. The predicted octanol–water partition coefficient (Wildman–Crippen LogP) is 2.75. The van der Waals surface area contributed by atoms with Crippen molar-refractivity contribution in [1.82, 2.24) is 0 Å². The zero-order valence-electron chi connectivity index (χ0n) is 11.7. The number of anilines is 2. The molecule has 0 radical (unpaired) electrons. The molecule has 0 spiro atoms. The van der Waals surface area contributed by atoms with Crippen LogP contribution in [0.2, 0.25) is 0 Å². The fourth-order valence-electron chi connectivity index (χ4n) is 2.88. The van der Waals surface area contributed by atoms with Crippen LogP contribution in [-0.2, 0) is 0 Å². The number of primary amides is 1. The van der Waals surface area contributed by atoms with Gasteiger partial charge in [-0.1, -0.05) is 20.3 Å². The number of hydrogen-bond donors (Lipinski definition) is 3. The molecule has 0 heterocycles. The van der Waals surface area contributed by atoms with Crippen LogP contribution in [-0.4, -0.2) is 11.9 Å². The predicted molar refractivity (Wildman–Crippen MR) is 79.0 cm³/mol. The van der Waals surface area contributed by atoms with E-state index in [-0.39, 0.29) is 0 Å². The average molecular weight is 261 g/mol. The molecule has 4 nitrogen and oxygen atoms in total. The van der Waals surface area contributed by atoms with Crippen LogP contribution in [0.5, 0.6) is 0 Å². The summed E-state index contributed by atoms with van der Waals surface area (Å²) in [4.78, 5) is 11.2. The van der Waals surface area contributed by atoms with E-state index in [4.69, 9.17) is 11.5 Å². The normalized spacial score (nSPS) is 21.9. The van der Waals surface area contributed by atoms with E-state index in [0.29, 0.717) is 22.7 Å². The summed E-state index contributed by atoms with van der Waals surface area (Å²) in [6.07, 6.45) is 4.75. The van der Waals surface area contributed by atoms with Crippen LogP contribution in [0.15, 0.2) is 18.2 Å². The minimum absolute atomic E-state index is 0.367. The largest absolute Gasteiger partial charge is 0.397 e. The van der Waals surface area contributed by atoms with Gasteiger partial charge in [0.1, 0.15) is 0 Å². The lowest BCUT2D eigenvalue weighted by Gasteiger charge is -2.36. The first kappa shape index (κ1) is 13.7. The highest BCUT2D eigenvalue weighted by Crippen LogP contribution is 2.37. The molecule has 0 aromatic heterocycles. The van der Waals surface area contributed by atoms with Crippen LogP contribution in [0.25, 0.3) is 0 Å². The Bertz CT molecular complexity index is 482. The molecule has 1 amide bonds. The number of carbonyl (C=O) groups excluding carboxylic acids is 1. The van der Waals surface area contributed by atoms with E-state index in [2.05, 4.69) is 19.2 Å². The number of benzene rings is 1. The monoisotopic (exact) mass is 261 g/mol. The van der Waals surface area contributed by atoms with Crippen LogP contribution in [0.3, 0.4) is 0 Å². The lowest BCUT2D eigenvalue weighted by molar-refractivity contribution is 0.100. The zero-order chi connectivity index (χ0) is 14.0. The van der Waals surface area contributed by atoms with E-state index in [1.165, 1.54) is 12.8 Å². The first-order valence-electron chi connectivity index (χ1n) is 6.83. The maximum Gasteiger partial charge on any atom is 0.248 e. The van der Waals surface area contributed by atoms with Gasteiger partial charge in [0, 0.05) is 11.6 Å². The SMILES string of the molecule is CC1(C)CCCC(Nc2cc(C(N)=O)ccc2N)C1. The van der Waals surface area contributed by atoms with Crippen molar-refractivity contribution < 1.29 is 4.79 Å². The van der Waals surface area contributed by atoms with Crippen molar-refractivity contribution in [3.05, 3.63) is 23.8 Å². The van der Waals surface area contributed by atoms with Crippen molar-refractivity contribution in [2.24, 2.45) is 11.1 Å². The van der Waals surface area contributed by atoms with Gasteiger partial charge in [0.05, 0.1) is 11.4 Å². The van der Waals surface area contributed by atoms with E-state index >= 15 is 0 Å². The maximum absolute atomic E-state index is 11.2. The van der Waals surface area contributed by atoms with E-state index in [1.807, 2.05) is 0 Å². The Balaban J connectivity index is 2.14. The van der Waals surface area contributed by atoms with Gasteiger partial charge in [-0.25, -0.2) is 0 Å². The van der Waals surface area contributed by atoms with E-state index < -0.39 is 5.91 Å². The Labute approximate surface area is 114 Å². The molecule has 104 valence electrons. The number of hydrogen-bond acceptors (Lipinski definition) is 3. The highest BCUT2D eigenvalue weighted by molar-refractivity contribution is 5.94. The standard InChI is InChI=1S/C15H23N3O/c1-15(2)7-3-4-11(9-15)18-13-8-10(14(17)19)5-6-12(13)16/h5-6,8,11,18H,3-4,7,9,16H2,1-2H3,(H2,17,19). The Morgan fingerprint density at radius 2 is 2.16 bits per heavy atom. The molecule has 2 rings (SSSR count). The number of nitrogen functional groups attached to an aromatic ring is 1. The van der Waals surface area contributed by atoms with Gasteiger partial charge in [-0.2, -0.15) is 0 Å². The number of carbonyl (C=O) groups is 1. The highest BCUT2D eigenvalue weighted by atomic mass is 16.1. The van der Waals surface area contributed by atoms with E-state index in [1.54, 1.807) is 18.2 Å². The summed E-state index contributed by atoms with van der Waals surface area (Å²) in [6.45, 7) is 4.59. The molecule has 1 aliphatic carbocycles. The van der Waals surface area contributed by atoms with Crippen molar-refractivity contribution in [3.8, 4) is 0 Å². The molecule has 1 aliphatic rings. The number of nitrogens with one attached hydrogen (secondary N) is 1. The van der Waals surface area contributed by atoms with E-state index in [9.17, 15) is 4.79 Å². The van der Waals surface area contributed by atoms with Gasteiger partial charge in [0.15, 0.2) is 0 Å². The smallest absolute Gasteiger partial charge is 0.248 e. The summed E-state index contributed by atoms with van der Waals surface area (Å²) in [7, 11) is 0. The first-order chi connectivity index (χ1) is 8.87. The number of amides is 1. The van der Waals surface area contributed by atoms with E-state index in [0.717, 1.165) is 18.5 Å². The lowest BCUT2D eigenvalue weighted by Crippen LogP contribution is -2.32. The second kappa shape index (κ2) is 5.11. The number of nitrogens with two attached hydrogens (primary N) is 2. The minimum atomic E-state index is -0.424. The molecule has 19 heavy (non-hydrogen) atoms. The molecule has 1 atom stereocenters. The van der Waals surface area contributed by atoms with Crippen molar-refractivity contribution in [2.75, 3.05) is 11.1 Å². The van der Waals surface area contributed by atoms with Gasteiger partial charge in [0.25, 0.3) is 0 Å². The van der Waals surface area contributed by atoms with Crippen LogP contribution < -0.4 is 16.8 Å². The second-order valence-corrected chi connectivity index (χ2v) is 6.27. The minimum Gasteiger partial charge on any atom is -0.397 e. The van der Waals surface area contributed by atoms with Gasteiger partial charge in [-0.3, -0.25) is 4.79 Å². The Morgan fingerprint density at radius 1 is 1.42 bits per heavy atom. The lowest BCUT2D eigenvalue weighted by atomic mass is 9.75. The molecule has 0 aliphatic heterocycles. The molecule has 1 aromatic rings. The van der Waals surface area contributed by atoms with Gasteiger partial charge in [-0.15, -0.1) is 0 Å². The third-order valence-corrected chi connectivity index (χ3v) is 3.90. The highest BCUT2D eigenvalue weighted by Gasteiger charge is 2.28. The average Bonchev–Trinajstić information content (AvgIpc) is 2.30. The molecule has 0 saturated heterocycles. The molecule has 1 aromatic carbocycles. The summed E-state index contributed by atoms with van der Waals surface area (Å²) < 4.78 is 0. The Kier molecular flexibility index (Phi) is 3.69. The molecule has 1 unspecified atom stereocenters. The topological polar surface area (TPSA) is 81.1 Å².